The molecule has 2 amide bonds. The normalized spacial score (nSPS) is 16.2. The number of urea groups is 1. The highest BCUT2D eigenvalue weighted by molar-refractivity contribution is 6.30. The fraction of sp³-hybridized carbons (Fsp3) is 0.400. The lowest BCUT2D eigenvalue weighted by molar-refractivity contribution is 0.162. The highest BCUT2D eigenvalue weighted by atomic mass is 35.5. The summed E-state index contributed by atoms with van der Waals surface area (Å²) < 4.78 is 5.22. The summed E-state index contributed by atoms with van der Waals surface area (Å²) in [7, 11) is 1.58. The molecule has 1 aliphatic heterocycles. The van der Waals surface area contributed by atoms with Gasteiger partial charge in [-0.2, -0.15) is 0 Å². The van der Waals surface area contributed by atoms with Gasteiger partial charge in [0.2, 0.25) is 5.88 Å². The van der Waals surface area contributed by atoms with Crippen molar-refractivity contribution in [3.05, 3.63) is 58.7 Å². The quantitative estimate of drug-likeness (QED) is 0.881. The Bertz CT molecular complexity index is 756. The number of amides is 2. The summed E-state index contributed by atoms with van der Waals surface area (Å²) in [6, 6.07) is 11.7. The van der Waals surface area contributed by atoms with Crippen LogP contribution >= 0.6 is 11.6 Å². The Morgan fingerprint density at radius 3 is 2.62 bits per heavy atom. The summed E-state index contributed by atoms with van der Waals surface area (Å²) in [5.41, 5.74) is 2.22. The van der Waals surface area contributed by atoms with Gasteiger partial charge in [-0.15, -0.1) is 0 Å². The minimum Gasteiger partial charge on any atom is -0.481 e. The van der Waals surface area contributed by atoms with Crippen molar-refractivity contribution in [3.8, 4) is 5.88 Å². The van der Waals surface area contributed by atoms with Crippen LogP contribution in [0.3, 0.4) is 0 Å². The fourth-order valence-electron chi connectivity index (χ4n) is 3.37. The van der Waals surface area contributed by atoms with Crippen molar-refractivity contribution in [3.63, 3.8) is 0 Å². The third-order valence-electron chi connectivity index (χ3n) is 5.17. The highest BCUT2D eigenvalue weighted by Crippen LogP contribution is 2.35. The minimum absolute atomic E-state index is 0.0472. The van der Waals surface area contributed by atoms with Gasteiger partial charge in [-0.1, -0.05) is 36.7 Å². The number of rotatable bonds is 4. The van der Waals surface area contributed by atoms with E-state index < -0.39 is 0 Å². The molecule has 0 aliphatic carbocycles. The molecule has 26 heavy (non-hydrogen) atoms. The van der Waals surface area contributed by atoms with E-state index in [0.29, 0.717) is 12.4 Å². The molecule has 1 aromatic carbocycles. The van der Waals surface area contributed by atoms with Gasteiger partial charge in [-0.05, 0) is 42.0 Å². The lowest BCUT2D eigenvalue weighted by Crippen LogP contribution is -2.47. The van der Waals surface area contributed by atoms with Crippen molar-refractivity contribution in [2.24, 2.45) is 0 Å². The van der Waals surface area contributed by atoms with Crippen molar-refractivity contribution >= 4 is 17.6 Å². The van der Waals surface area contributed by atoms with E-state index in [-0.39, 0.29) is 11.4 Å². The number of carbonyl (C=O) groups is 1. The van der Waals surface area contributed by atoms with Gasteiger partial charge in [0.25, 0.3) is 0 Å². The Labute approximate surface area is 159 Å². The monoisotopic (exact) mass is 373 g/mol. The summed E-state index contributed by atoms with van der Waals surface area (Å²) in [5, 5.41) is 3.72. The second kappa shape index (κ2) is 7.96. The first-order valence-corrected chi connectivity index (χ1v) is 9.16. The molecule has 1 saturated heterocycles. The maximum atomic E-state index is 12.5. The average Bonchev–Trinajstić information content (AvgIpc) is 2.67. The second-order valence-electron chi connectivity index (χ2n) is 6.89. The van der Waals surface area contributed by atoms with Gasteiger partial charge in [-0.3, -0.25) is 0 Å². The summed E-state index contributed by atoms with van der Waals surface area (Å²) in [4.78, 5) is 18.5. The van der Waals surface area contributed by atoms with Crippen molar-refractivity contribution in [2.75, 3.05) is 20.2 Å². The third-order valence-corrected chi connectivity index (χ3v) is 5.42. The van der Waals surface area contributed by atoms with Crippen molar-refractivity contribution in [2.45, 2.75) is 31.7 Å². The van der Waals surface area contributed by atoms with E-state index >= 15 is 0 Å². The van der Waals surface area contributed by atoms with Gasteiger partial charge in [0, 0.05) is 36.4 Å². The van der Waals surface area contributed by atoms with E-state index in [9.17, 15) is 4.79 Å². The first kappa shape index (κ1) is 18.5. The molecule has 0 atom stereocenters. The van der Waals surface area contributed by atoms with Crippen molar-refractivity contribution in [1.82, 2.24) is 15.2 Å². The summed E-state index contributed by atoms with van der Waals surface area (Å²) >= 11 is 5.99. The molecule has 1 fully saturated rings. The van der Waals surface area contributed by atoms with Crippen LogP contribution in [0.25, 0.3) is 0 Å². The maximum absolute atomic E-state index is 12.5. The number of pyridine rings is 1. The number of ether oxygens (including phenoxy) is 1. The SMILES string of the molecule is COc1ncccc1CNC(=O)N1CCC(C)(c2ccc(Cl)cc2)CC1. The molecule has 2 heterocycles. The molecule has 1 N–H and O–H groups in total. The van der Waals surface area contributed by atoms with Crippen LogP contribution in [0.1, 0.15) is 30.9 Å². The molecule has 0 spiro atoms. The molecule has 1 aliphatic rings. The van der Waals surface area contributed by atoms with Gasteiger partial charge < -0.3 is 15.0 Å². The van der Waals surface area contributed by atoms with Crippen molar-refractivity contribution < 1.29 is 9.53 Å². The Morgan fingerprint density at radius 1 is 1.27 bits per heavy atom. The predicted molar refractivity (Wildman–Crippen MR) is 103 cm³/mol. The number of hydrogen-bond donors (Lipinski definition) is 1. The molecule has 138 valence electrons. The van der Waals surface area contributed by atoms with E-state index in [1.165, 1.54) is 5.56 Å². The van der Waals surface area contributed by atoms with E-state index in [1.807, 2.05) is 29.2 Å². The number of benzene rings is 1. The van der Waals surface area contributed by atoms with Gasteiger partial charge in [0.1, 0.15) is 0 Å². The van der Waals surface area contributed by atoms with Crippen molar-refractivity contribution in [1.29, 1.82) is 0 Å². The zero-order chi connectivity index (χ0) is 18.6. The third kappa shape index (κ3) is 4.10. The standard InChI is InChI=1S/C20H24ClN3O2/c1-20(16-5-7-17(21)8-6-16)9-12-24(13-10-20)19(25)23-14-15-4-3-11-22-18(15)26-2/h3-8,11H,9-10,12-14H2,1-2H3,(H,23,25). The Morgan fingerprint density at radius 2 is 1.96 bits per heavy atom. The van der Waals surface area contributed by atoms with Crippen LogP contribution in [0.15, 0.2) is 42.6 Å². The fourth-order valence-corrected chi connectivity index (χ4v) is 3.50. The van der Waals surface area contributed by atoms with Crippen LogP contribution in [0, 0.1) is 0 Å². The lowest BCUT2D eigenvalue weighted by Gasteiger charge is -2.39. The van der Waals surface area contributed by atoms with E-state index in [1.54, 1.807) is 13.3 Å². The number of carbonyl (C=O) groups excluding carboxylic acids is 1. The maximum Gasteiger partial charge on any atom is 0.317 e. The topological polar surface area (TPSA) is 54.5 Å². The van der Waals surface area contributed by atoms with Crippen LogP contribution in [0.4, 0.5) is 4.79 Å². The van der Waals surface area contributed by atoms with Crippen LogP contribution in [0.2, 0.25) is 5.02 Å². The zero-order valence-electron chi connectivity index (χ0n) is 15.2. The van der Waals surface area contributed by atoms with Gasteiger partial charge >= 0.3 is 6.03 Å². The molecule has 0 radical (unpaired) electrons. The van der Waals surface area contributed by atoms with E-state index in [0.717, 1.165) is 36.5 Å². The van der Waals surface area contributed by atoms with Crippen LogP contribution in [-0.2, 0) is 12.0 Å². The first-order chi connectivity index (χ1) is 12.5. The van der Waals surface area contributed by atoms with E-state index in [2.05, 4.69) is 29.4 Å². The van der Waals surface area contributed by atoms with Crippen LogP contribution in [0.5, 0.6) is 5.88 Å². The van der Waals surface area contributed by atoms with Gasteiger partial charge in [0.05, 0.1) is 7.11 Å². The summed E-state index contributed by atoms with van der Waals surface area (Å²) in [6.45, 7) is 4.12. The number of hydrogen-bond acceptors (Lipinski definition) is 3. The largest absolute Gasteiger partial charge is 0.481 e. The molecule has 6 heteroatoms. The lowest BCUT2D eigenvalue weighted by atomic mass is 9.74. The number of piperidine rings is 1. The molecular weight excluding hydrogens is 350 g/mol. The number of nitrogens with zero attached hydrogens (tertiary/aromatic N) is 2. The number of aromatic nitrogens is 1. The average molecular weight is 374 g/mol. The first-order valence-electron chi connectivity index (χ1n) is 8.78. The Balaban J connectivity index is 1.56. The number of halogens is 1. The van der Waals surface area contributed by atoms with Crippen LogP contribution in [-0.4, -0.2) is 36.1 Å². The second-order valence-corrected chi connectivity index (χ2v) is 7.32. The smallest absolute Gasteiger partial charge is 0.317 e. The summed E-state index contributed by atoms with van der Waals surface area (Å²) in [6.07, 6.45) is 3.53. The van der Waals surface area contributed by atoms with Crippen LogP contribution < -0.4 is 10.1 Å². The molecule has 0 unspecified atom stereocenters. The van der Waals surface area contributed by atoms with Gasteiger partial charge in [-0.25, -0.2) is 9.78 Å². The summed E-state index contributed by atoms with van der Waals surface area (Å²) in [5.74, 6) is 0.543. The number of likely N-dealkylation sites (tertiary alicyclic amines) is 1. The molecule has 3 rings (SSSR count). The molecule has 2 aromatic rings. The molecular formula is C20H24ClN3O2. The molecule has 1 aromatic heterocycles. The number of methoxy groups -OCH3 is 1. The van der Waals surface area contributed by atoms with E-state index in [4.69, 9.17) is 16.3 Å². The molecule has 0 saturated carbocycles. The highest BCUT2D eigenvalue weighted by Gasteiger charge is 2.33. The zero-order valence-corrected chi connectivity index (χ0v) is 15.9. The number of nitrogens with one attached hydrogen (secondary N) is 1. The Kier molecular flexibility index (Phi) is 5.67. The molecule has 0 bridgehead atoms. The predicted octanol–water partition coefficient (Wildman–Crippen LogP) is 4.01. The van der Waals surface area contributed by atoms with Gasteiger partial charge in [0.15, 0.2) is 0 Å². The minimum atomic E-state index is -0.0472. The Hall–Kier alpha value is -2.27. The molecule has 5 nitrogen and oxygen atoms in total.